The number of amides is 1. The van der Waals surface area contributed by atoms with E-state index >= 15 is 0 Å². The zero-order chi connectivity index (χ0) is 12.8. The van der Waals surface area contributed by atoms with E-state index in [1.54, 1.807) is 11.8 Å². The van der Waals surface area contributed by atoms with Gasteiger partial charge in [-0.25, -0.2) is 0 Å². The van der Waals surface area contributed by atoms with Gasteiger partial charge in [0.25, 0.3) is 0 Å². The molecule has 1 aliphatic heterocycles. The van der Waals surface area contributed by atoms with Crippen molar-refractivity contribution in [2.24, 2.45) is 0 Å². The van der Waals surface area contributed by atoms with E-state index in [4.69, 9.17) is 0 Å². The van der Waals surface area contributed by atoms with Gasteiger partial charge in [0.1, 0.15) is 0 Å². The molecule has 3 nitrogen and oxygen atoms in total. The summed E-state index contributed by atoms with van der Waals surface area (Å²) in [6, 6.07) is 9.75. The van der Waals surface area contributed by atoms with Gasteiger partial charge in [-0.3, -0.25) is 4.79 Å². The first kappa shape index (κ1) is 13.4. The predicted octanol–water partition coefficient (Wildman–Crippen LogP) is 1.60. The molecule has 0 aromatic heterocycles. The molecule has 1 amide bonds. The quantitative estimate of drug-likeness (QED) is 0.850. The third kappa shape index (κ3) is 3.75. The van der Waals surface area contributed by atoms with Crippen LogP contribution in [0.5, 0.6) is 0 Å². The van der Waals surface area contributed by atoms with Crippen LogP contribution in [-0.4, -0.2) is 34.7 Å². The molecule has 18 heavy (non-hydrogen) atoms. The molecule has 1 heterocycles. The van der Waals surface area contributed by atoms with Crippen molar-refractivity contribution in [3.05, 3.63) is 35.9 Å². The third-order valence-corrected chi connectivity index (χ3v) is 4.49. The molecule has 98 valence electrons. The van der Waals surface area contributed by atoms with Crippen LogP contribution in [-0.2, 0) is 11.2 Å². The first-order valence-corrected chi connectivity index (χ1v) is 7.41. The van der Waals surface area contributed by atoms with E-state index in [9.17, 15) is 9.90 Å². The van der Waals surface area contributed by atoms with E-state index in [0.29, 0.717) is 6.42 Å². The lowest BCUT2D eigenvalue weighted by molar-refractivity contribution is -0.121. The fourth-order valence-electron chi connectivity index (χ4n) is 2.14. The van der Waals surface area contributed by atoms with Crippen molar-refractivity contribution < 1.29 is 9.90 Å². The van der Waals surface area contributed by atoms with Crippen LogP contribution in [0.15, 0.2) is 30.3 Å². The van der Waals surface area contributed by atoms with Crippen molar-refractivity contribution >= 4 is 17.7 Å². The molecular weight excluding hydrogens is 246 g/mol. The highest BCUT2D eigenvalue weighted by Crippen LogP contribution is 2.26. The van der Waals surface area contributed by atoms with Crippen LogP contribution in [0.2, 0.25) is 0 Å². The van der Waals surface area contributed by atoms with Gasteiger partial charge in [-0.15, -0.1) is 11.8 Å². The Balaban J connectivity index is 1.87. The summed E-state index contributed by atoms with van der Waals surface area (Å²) in [5.74, 6) is 1.15. The molecule has 0 saturated carbocycles. The number of nitrogens with one attached hydrogen (secondary N) is 1. The van der Waals surface area contributed by atoms with Crippen molar-refractivity contribution in [1.29, 1.82) is 0 Å². The van der Waals surface area contributed by atoms with Gasteiger partial charge < -0.3 is 10.4 Å². The summed E-state index contributed by atoms with van der Waals surface area (Å²) < 4.78 is 0. The Morgan fingerprint density at radius 2 is 2.22 bits per heavy atom. The first-order chi connectivity index (χ1) is 8.79. The maximum absolute atomic E-state index is 12.0. The molecule has 1 saturated heterocycles. The van der Waals surface area contributed by atoms with E-state index in [0.717, 1.165) is 24.2 Å². The second kappa shape index (κ2) is 6.81. The Morgan fingerprint density at radius 3 is 2.83 bits per heavy atom. The number of aliphatic hydroxyl groups is 1. The Labute approximate surface area is 112 Å². The first-order valence-electron chi connectivity index (χ1n) is 6.36. The summed E-state index contributed by atoms with van der Waals surface area (Å²) in [5.41, 5.74) is 1.14. The molecule has 1 fully saturated rings. The van der Waals surface area contributed by atoms with Gasteiger partial charge in [0.05, 0.1) is 17.9 Å². The molecule has 2 rings (SSSR count). The van der Waals surface area contributed by atoms with Crippen LogP contribution < -0.4 is 5.32 Å². The van der Waals surface area contributed by atoms with E-state index in [-0.39, 0.29) is 23.8 Å². The van der Waals surface area contributed by atoms with Gasteiger partial charge in [-0.2, -0.15) is 0 Å². The van der Waals surface area contributed by atoms with Crippen molar-refractivity contribution in [2.45, 2.75) is 30.6 Å². The van der Waals surface area contributed by atoms with Crippen LogP contribution in [0.4, 0.5) is 0 Å². The lowest BCUT2D eigenvalue weighted by atomic mass is 10.1. The lowest BCUT2D eigenvalue weighted by Crippen LogP contribution is -2.42. The Bertz CT molecular complexity index is 377. The van der Waals surface area contributed by atoms with Crippen molar-refractivity contribution in [3.63, 3.8) is 0 Å². The summed E-state index contributed by atoms with van der Waals surface area (Å²) in [6.45, 7) is -0.0159. The van der Waals surface area contributed by atoms with E-state index in [2.05, 4.69) is 5.32 Å². The molecule has 1 aromatic rings. The number of aliphatic hydroxyl groups excluding tert-OH is 1. The minimum atomic E-state index is -0.180. The highest BCUT2D eigenvalue weighted by atomic mass is 32.2. The summed E-state index contributed by atoms with van der Waals surface area (Å²) in [4.78, 5) is 12.0. The lowest BCUT2D eigenvalue weighted by Gasteiger charge is -2.18. The largest absolute Gasteiger partial charge is 0.394 e. The zero-order valence-corrected chi connectivity index (χ0v) is 11.2. The maximum Gasteiger partial charge on any atom is 0.233 e. The van der Waals surface area contributed by atoms with Gasteiger partial charge in [-0.05, 0) is 30.6 Å². The molecule has 2 N–H and O–H groups in total. The average molecular weight is 265 g/mol. The Kier molecular flexibility index (Phi) is 5.08. The van der Waals surface area contributed by atoms with Crippen molar-refractivity contribution in [1.82, 2.24) is 5.32 Å². The van der Waals surface area contributed by atoms with Gasteiger partial charge in [0.2, 0.25) is 5.91 Å². The van der Waals surface area contributed by atoms with Crippen LogP contribution in [0.3, 0.4) is 0 Å². The van der Waals surface area contributed by atoms with Gasteiger partial charge >= 0.3 is 0 Å². The summed E-state index contributed by atoms with van der Waals surface area (Å²) in [5, 5.41) is 12.4. The molecule has 4 heteroatoms. The minimum Gasteiger partial charge on any atom is -0.394 e. The molecule has 0 radical (unpaired) electrons. The summed E-state index contributed by atoms with van der Waals surface area (Å²) in [6.07, 6.45) is 2.76. The number of hydrogen-bond acceptors (Lipinski definition) is 3. The molecule has 0 aliphatic carbocycles. The topological polar surface area (TPSA) is 49.3 Å². The number of hydrogen-bond donors (Lipinski definition) is 2. The van der Waals surface area contributed by atoms with Crippen LogP contribution in [0.25, 0.3) is 0 Å². The molecule has 0 spiro atoms. The summed E-state index contributed by atoms with van der Waals surface area (Å²) in [7, 11) is 0. The monoisotopic (exact) mass is 265 g/mol. The van der Waals surface area contributed by atoms with Crippen molar-refractivity contribution in [2.75, 3.05) is 12.4 Å². The number of benzene rings is 1. The molecule has 1 aromatic carbocycles. The number of carbonyl (C=O) groups excluding carboxylic acids is 1. The van der Waals surface area contributed by atoms with Crippen LogP contribution in [0.1, 0.15) is 18.4 Å². The van der Waals surface area contributed by atoms with E-state index in [1.807, 2.05) is 30.3 Å². The normalized spacial score (nSPS) is 20.6. The van der Waals surface area contributed by atoms with Gasteiger partial charge in [0, 0.05) is 0 Å². The summed E-state index contributed by atoms with van der Waals surface area (Å²) >= 11 is 1.72. The fourth-order valence-corrected chi connectivity index (χ4v) is 3.31. The maximum atomic E-state index is 12.0. The Morgan fingerprint density at radius 1 is 1.44 bits per heavy atom. The van der Waals surface area contributed by atoms with E-state index < -0.39 is 0 Å². The number of thioether (sulfide) groups is 1. The van der Waals surface area contributed by atoms with Crippen molar-refractivity contribution in [3.8, 4) is 0 Å². The third-order valence-electron chi connectivity index (χ3n) is 3.11. The van der Waals surface area contributed by atoms with Gasteiger partial charge in [0.15, 0.2) is 0 Å². The predicted molar refractivity (Wildman–Crippen MR) is 74.6 cm³/mol. The molecule has 2 atom stereocenters. The second-order valence-corrected chi connectivity index (χ2v) is 5.89. The zero-order valence-electron chi connectivity index (χ0n) is 10.3. The van der Waals surface area contributed by atoms with Crippen LogP contribution in [0, 0.1) is 0 Å². The second-order valence-electron chi connectivity index (χ2n) is 4.58. The molecule has 1 aliphatic rings. The average Bonchev–Trinajstić information content (AvgIpc) is 2.93. The number of carbonyl (C=O) groups is 1. The van der Waals surface area contributed by atoms with E-state index in [1.165, 1.54) is 0 Å². The number of rotatable bonds is 5. The highest BCUT2D eigenvalue weighted by molar-refractivity contribution is 8.00. The molecule has 0 bridgehead atoms. The smallest absolute Gasteiger partial charge is 0.233 e. The van der Waals surface area contributed by atoms with Crippen LogP contribution >= 0.6 is 11.8 Å². The SMILES string of the molecule is O=C(N[C@H](CO)Cc1ccccc1)C1CCCS1. The highest BCUT2D eigenvalue weighted by Gasteiger charge is 2.25. The minimum absolute atomic E-state index is 0.0159. The molecular formula is C14H19NO2S. The van der Waals surface area contributed by atoms with Gasteiger partial charge in [-0.1, -0.05) is 30.3 Å². The molecule has 1 unspecified atom stereocenters. The fraction of sp³-hybridized carbons (Fsp3) is 0.500. The Hall–Kier alpha value is -1.00. The standard InChI is InChI=1S/C14H19NO2S/c16-10-12(9-11-5-2-1-3-6-11)15-14(17)13-7-4-8-18-13/h1-3,5-6,12-13,16H,4,7-10H2,(H,15,17)/t12-,13?/m0/s1.